The molecule has 0 aromatic rings. The van der Waals surface area contributed by atoms with E-state index in [0.717, 1.165) is 12.0 Å². The van der Waals surface area contributed by atoms with Crippen LogP contribution in [-0.2, 0) is 4.43 Å². The maximum atomic E-state index is 5.95. The second-order valence-electron chi connectivity index (χ2n) is 3.62. The van der Waals surface area contributed by atoms with Crippen LogP contribution in [-0.4, -0.2) is 8.32 Å². The quantitative estimate of drug-likeness (QED) is 0.572. The van der Waals surface area contributed by atoms with Gasteiger partial charge in [0.15, 0.2) is 8.32 Å². The zero-order valence-corrected chi connectivity index (χ0v) is 10.2. The van der Waals surface area contributed by atoms with Crippen molar-refractivity contribution in [2.24, 2.45) is 0 Å². The summed E-state index contributed by atoms with van der Waals surface area (Å²) < 4.78 is 5.95. The van der Waals surface area contributed by atoms with Gasteiger partial charge in [-0.05, 0) is 24.1 Å². The molecule has 1 radical (unpaired) electrons. The summed E-state index contributed by atoms with van der Waals surface area (Å²) in [6.45, 7) is 13.2. The van der Waals surface area contributed by atoms with Gasteiger partial charge >= 0.3 is 0 Å². The number of hydrogen-bond donors (Lipinski definition) is 0. The van der Waals surface area contributed by atoms with E-state index in [1.807, 2.05) is 6.61 Å². The van der Waals surface area contributed by atoms with Gasteiger partial charge in [-0.15, -0.1) is 0 Å². The van der Waals surface area contributed by atoms with Crippen LogP contribution in [0.3, 0.4) is 0 Å². The van der Waals surface area contributed by atoms with E-state index in [0.29, 0.717) is 0 Å². The van der Waals surface area contributed by atoms with Crippen LogP contribution < -0.4 is 0 Å². The molecule has 0 aliphatic rings. The lowest BCUT2D eigenvalue weighted by Crippen LogP contribution is -2.39. The molecule has 0 aromatic carbocycles. The van der Waals surface area contributed by atoms with Gasteiger partial charge < -0.3 is 4.43 Å². The Hall–Kier alpha value is 0.177. The molecule has 73 valence electrons. The van der Waals surface area contributed by atoms with Gasteiger partial charge in [-0.1, -0.05) is 34.6 Å². The third kappa shape index (κ3) is 2.90. The average Bonchev–Trinajstić information content (AvgIpc) is 2.07. The second-order valence-corrected chi connectivity index (χ2v) is 8.55. The molecule has 0 saturated heterocycles. The van der Waals surface area contributed by atoms with Crippen molar-refractivity contribution in [1.82, 2.24) is 0 Å². The van der Waals surface area contributed by atoms with Crippen LogP contribution in [0.25, 0.3) is 0 Å². The largest absolute Gasteiger partial charge is 0.411 e. The van der Waals surface area contributed by atoms with Crippen molar-refractivity contribution in [3.8, 4) is 0 Å². The molecule has 0 unspecified atom stereocenters. The molecule has 1 nitrogen and oxygen atoms in total. The maximum Gasteiger partial charge on any atom is 0.195 e. The summed E-state index contributed by atoms with van der Waals surface area (Å²) in [4.78, 5) is 0. The fourth-order valence-electron chi connectivity index (χ4n) is 1.62. The summed E-state index contributed by atoms with van der Waals surface area (Å²) in [6, 6.07) is 2.47. The minimum atomic E-state index is -1.40. The first-order chi connectivity index (χ1) is 5.63. The van der Waals surface area contributed by atoms with E-state index >= 15 is 0 Å². The molecule has 0 heterocycles. The highest BCUT2D eigenvalue weighted by Crippen LogP contribution is 2.30. The normalized spacial score (nSPS) is 12.5. The third-order valence-electron chi connectivity index (χ3n) is 2.73. The van der Waals surface area contributed by atoms with Gasteiger partial charge in [0, 0.05) is 0 Å². The molecule has 0 N–H and O–H groups in total. The SMILES string of the molecule is CC[CH]O[Si](CC)(CC)C(C)C. The lowest BCUT2D eigenvalue weighted by atomic mass is 10.5. The summed E-state index contributed by atoms with van der Waals surface area (Å²) >= 11 is 0. The van der Waals surface area contributed by atoms with Gasteiger partial charge in [-0.2, -0.15) is 0 Å². The molecule has 0 aliphatic carbocycles. The van der Waals surface area contributed by atoms with E-state index < -0.39 is 8.32 Å². The monoisotopic (exact) mass is 187 g/mol. The molecule has 0 aromatic heterocycles. The number of hydrogen-bond acceptors (Lipinski definition) is 1. The topological polar surface area (TPSA) is 9.23 Å². The molecule has 0 atom stereocenters. The first kappa shape index (κ1) is 12.2. The Morgan fingerprint density at radius 2 is 1.67 bits per heavy atom. The molecule has 0 aliphatic heterocycles. The van der Waals surface area contributed by atoms with Crippen LogP contribution in [0.2, 0.25) is 17.6 Å². The summed E-state index contributed by atoms with van der Waals surface area (Å²) in [6.07, 6.45) is 1.03. The van der Waals surface area contributed by atoms with Crippen molar-refractivity contribution in [1.29, 1.82) is 0 Å². The summed E-state index contributed by atoms with van der Waals surface area (Å²) in [5, 5.41) is 0. The van der Waals surface area contributed by atoms with Crippen molar-refractivity contribution < 1.29 is 4.43 Å². The Morgan fingerprint density at radius 3 is 1.92 bits per heavy atom. The third-order valence-corrected chi connectivity index (χ3v) is 7.87. The Morgan fingerprint density at radius 1 is 1.17 bits per heavy atom. The lowest BCUT2D eigenvalue weighted by molar-refractivity contribution is 0.368. The molecule has 0 saturated carbocycles. The Bertz CT molecular complexity index is 108. The number of rotatable bonds is 6. The van der Waals surface area contributed by atoms with Gasteiger partial charge in [0.05, 0.1) is 6.61 Å². The maximum absolute atomic E-state index is 5.95. The molecular weight excluding hydrogens is 164 g/mol. The summed E-state index contributed by atoms with van der Waals surface area (Å²) in [5.41, 5.74) is 0.732. The van der Waals surface area contributed by atoms with Gasteiger partial charge in [0.1, 0.15) is 0 Å². The molecule has 0 amide bonds. The standard InChI is InChI=1S/C10H23OSi/c1-6-9-11-12(7-2,8-3)10(4)5/h9-10H,6-8H2,1-5H3. The van der Waals surface area contributed by atoms with Crippen molar-refractivity contribution in [3.63, 3.8) is 0 Å². The van der Waals surface area contributed by atoms with Crippen molar-refractivity contribution in [2.45, 2.75) is 58.7 Å². The Balaban J connectivity index is 4.15. The van der Waals surface area contributed by atoms with Gasteiger partial charge in [0.2, 0.25) is 0 Å². The van der Waals surface area contributed by atoms with E-state index in [4.69, 9.17) is 4.43 Å². The van der Waals surface area contributed by atoms with Gasteiger partial charge in [-0.3, -0.25) is 0 Å². The van der Waals surface area contributed by atoms with Crippen molar-refractivity contribution in [2.75, 3.05) is 0 Å². The molecule has 0 bridgehead atoms. The highest BCUT2D eigenvalue weighted by molar-refractivity contribution is 6.75. The van der Waals surface area contributed by atoms with E-state index in [1.165, 1.54) is 12.1 Å². The van der Waals surface area contributed by atoms with Crippen LogP contribution in [0.4, 0.5) is 0 Å². The van der Waals surface area contributed by atoms with Crippen LogP contribution >= 0.6 is 0 Å². The van der Waals surface area contributed by atoms with Gasteiger partial charge in [-0.25, -0.2) is 0 Å². The fourth-order valence-corrected chi connectivity index (χ4v) is 4.86. The molecular formula is C10H23OSi. The molecule has 0 rings (SSSR count). The molecule has 2 heteroatoms. The lowest BCUT2D eigenvalue weighted by Gasteiger charge is -2.32. The first-order valence-electron chi connectivity index (χ1n) is 5.12. The molecule has 0 spiro atoms. The zero-order chi connectivity index (χ0) is 9.61. The van der Waals surface area contributed by atoms with Crippen molar-refractivity contribution >= 4 is 8.32 Å². The molecule has 0 fully saturated rings. The van der Waals surface area contributed by atoms with Crippen molar-refractivity contribution in [3.05, 3.63) is 6.61 Å². The minimum absolute atomic E-state index is 0.732. The van der Waals surface area contributed by atoms with E-state index in [2.05, 4.69) is 34.6 Å². The average molecular weight is 187 g/mol. The van der Waals surface area contributed by atoms with Gasteiger partial charge in [0.25, 0.3) is 0 Å². The first-order valence-corrected chi connectivity index (χ1v) is 7.52. The summed E-state index contributed by atoms with van der Waals surface area (Å²) in [7, 11) is -1.40. The fraction of sp³-hybridized carbons (Fsp3) is 0.900. The van der Waals surface area contributed by atoms with E-state index in [9.17, 15) is 0 Å². The highest BCUT2D eigenvalue weighted by atomic mass is 28.4. The van der Waals surface area contributed by atoms with E-state index in [-0.39, 0.29) is 0 Å². The summed E-state index contributed by atoms with van der Waals surface area (Å²) in [5.74, 6) is 0. The van der Waals surface area contributed by atoms with Crippen LogP contribution in [0, 0.1) is 6.61 Å². The van der Waals surface area contributed by atoms with Crippen LogP contribution in [0.15, 0.2) is 0 Å². The zero-order valence-electron chi connectivity index (χ0n) is 9.18. The van der Waals surface area contributed by atoms with Crippen LogP contribution in [0.5, 0.6) is 0 Å². The minimum Gasteiger partial charge on any atom is -0.411 e. The smallest absolute Gasteiger partial charge is 0.195 e. The predicted molar refractivity (Wildman–Crippen MR) is 57.5 cm³/mol. The predicted octanol–water partition coefficient (Wildman–Crippen LogP) is 3.97. The Kier molecular flexibility index (Phi) is 5.84. The van der Waals surface area contributed by atoms with E-state index in [1.54, 1.807) is 0 Å². The Labute approximate surface area is 78.6 Å². The van der Waals surface area contributed by atoms with Crippen LogP contribution in [0.1, 0.15) is 41.0 Å². The highest BCUT2D eigenvalue weighted by Gasteiger charge is 2.34. The second kappa shape index (κ2) is 5.76. The molecule has 12 heavy (non-hydrogen) atoms.